The van der Waals surface area contributed by atoms with Crippen molar-refractivity contribution in [2.45, 2.75) is 13.3 Å². The number of hydrogen-bond acceptors (Lipinski definition) is 2. The summed E-state index contributed by atoms with van der Waals surface area (Å²) in [5, 5.41) is 4.20. The molecule has 1 saturated heterocycles. The Morgan fingerprint density at radius 3 is 2.85 bits per heavy atom. The Morgan fingerprint density at radius 1 is 1.62 bits per heavy atom. The van der Waals surface area contributed by atoms with E-state index in [0.29, 0.717) is 0 Å². The molecular formula is C9H13N3O. The van der Waals surface area contributed by atoms with Gasteiger partial charge in [-0.25, -0.2) is 0 Å². The van der Waals surface area contributed by atoms with Crippen molar-refractivity contribution in [1.82, 2.24) is 9.78 Å². The average molecular weight is 179 g/mol. The molecule has 1 aromatic heterocycles. The molecule has 1 atom stereocenters. The van der Waals surface area contributed by atoms with E-state index in [1.165, 1.54) is 0 Å². The van der Waals surface area contributed by atoms with Crippen LogP contribution in [-0.2, 0) is 11.8 Å². The van der Waals surface area contributed by atoms with E-state index in [1.54, 1.807) is 9.58 Å². The predicted octanol–water partition coefficient (Wildman–Crippen LogP) is 0.793. The molecule has 0 N–H and O–H groups in total. The first-order valence-corrected chi connectivity index (χ1v) is 4.49. The van der Waals surface area contributed by atoms with E-state index in [2.05, 4.69) is 5.10 Å². The van der Waals surface area contributed by atoms with Gasteiger partial charge >= 0.3 is 0 Å². The zero-order chi connectivity index (χ0) is 9.42. The molecule has 1 fully saturated rings. The topological polar surface area (TPSA) is 38.1 Å². The smallest absolute Gasteiger partial charge is 0.231 e. The number of hydrogen-bond donors (Lipinski definition) is 0. The molecule has 2 rings (SSSR count). The van der Waals surface area contributed by atoms with Gasteiger partial charge in [0, 0.05) is 31.8 Å². The van der Waals surface area contributed by atoms with Crippen LogP contribution in [0.25, 0.3) is 0 Å². The zero-order valence-corrected chi connectivity index (χ0v) is 7.90. The summed E-state index contributed by atoms with van der Waals surface area (Å²) in [4.78, 5) is 13.3. The Kier molecular flexibility index (Phi) is 1.83. The van der Waals surface area contributed by atoms with Crippen LogP contribution >= 0.6 is 0 Å². The monoisotopic (exact) mass is 179 g/mol. The van der Waals surface area contributed by atoms with Gasteiger partial charge in [0.05, 0.1) is 0 Å². The molecule has 0 bridgehead atoms. The predicted molar refractivity (Wildman–Crippen MR) is 49.3 cm³/mol. The highest BCUT2D eigenvalue weighted by Crippen LogP contribution is 2.22. The van der Waals surface area contributed by atoms with Crippen LogP contribution < -0.4 is 4.90 Å². The number of aromatic nitrogens is 2. The first-order valence-electron chi connectivity index (χ1n) is 4.49. The molecule has 1 amide bonds. The molecule has 13 heavy (non-hydrogen) atoms. The van der Waals surface area contributed by atoms with Crippen LogP contribution in [0, 0.1) is 5.92 Å². The van der Waals surface area contributed by atoms with E-state index in [9.17, 15) is 4.79 Å². The third-order valence-corrected chi connectivity index (χ3v) is 2.45. The number of carbonyl (C=O) groups excluding carboxylic acids is 1. The molecule has 1 aliphatic heterocycles. The third-order valence-electron chi connectivity index (χ3n) is 2.45. The summed E-state index contributed by atoms with van der Waals surface area (Å²) >= 11 is 0. The Hall–Kier alpha value is -1.32. The van der Waals surface area contributed by atoms with E-state index < -0.39 is 0 Å². The van der Waals surface area contributed by atoms with Crippen molar-refractivity contribution >= 4 is 11.7 Å². The molecule has 0 unspecified atom stereocenters. The summed E-state index contributed by atoms with van der Waals surface area (Å²) in [5.74, 6) is 1.12. The minimum absolute atomic E-state index is 0.155. The summed E-state index contributed by atoms with van der Waals surface area (Å²) in [6, 6.07) is 1.87. The number of nitrogens with zero attached hydrogens (tertiary/aromatic N) is 3. The summed E-state index contributed by atoms with van der Waals surface area (Å²) in [7, 11) is 1.85. The van der Waals surface area contributed by atoms with Gasteiger partial charge in [-0.3, -0.25) is 14.4 Å². The van der Waals surface area contributed by atoms with Gasteiger partial charge in [0.1, 0.15) is 0 Å². The number of amides is 1. The van der Waals surface area contributed by atoms with Gasteiger partial charge in [-0.05, 0) is 6.42 Å². The van der Waals surface area contributed by atoms with Crippen LogP contribution in [0.4, 0.5) is 5.82 Å². The number of aryl methyl sites for hydroxylation is 1. The highest BCUT2D eigenvalue weighted by atomic mass is 16.2. The fourth-order valence-electron chi connectivity index (χ4n) is 1.60. The highest BCUT2D eigenvalue weighted by Gasteiger charge is 2.29. The van der Waals surface area contributed by atoms with Crippen LogP contribution in [0.3, 0.4) is 0 Å². The number of carbonyl (C=O) groups is 1. The largest absolute Gasteiger partial charge is 0.295 e. The molecule has 0 saturated carbocycles. The van der Waals surface area contributed by atoms with Crippen molar-refractivity contribution in [3.05, 3.63) is 12.3 Å². The summed E-state index contributed by atoms with van der Waals surface area (Å²) in [6.07, 6.45) is 2.79. The van der Waals surface area contributed by atoms with Gasteiger partial charge in [0.25, 0.3) is 0 Å². The van der Waals surface area contributed by atoms with Crippen LogP contribution in [0.5, 0.6) is 0 Å². The standard InChI is InChI=1S/C9H13N3O/c1-7-3-6-12(9(7)13)8-4-5-11(2)10-8/h4-5,7H,3,6H2,1-2H3/t7-/m0/s1. The average Bonchev–Trinajstić information content (AvgIpc) is 2.62. The van der Waals surface area contributed by atoms with Crippen LogP contribution in [0.2, 0.25) is 0 Å². The molecule has 2 heterocycles. The molecule has 1 aliphatic rings. The highest BCUT2D eigenvalue weighted by molar-refractivity contribution is 5.95. The maximum absolute atomic E-state index is 11.6. The Morgan fingerprint density at radius 2 is 2.38 bits per heavy atom. The normalized spacial score (nSPS) is 22.8. The minimum atomic E-state index is 0.155. The first-order chi connectivity index (χ1) is 6.18. The Balaban J connectivity index is 2.23. The molecule has 0 aliphatic carbocycles. The van der Waals surface area contributed by atoms with Gasteiger partial charge in [0.2, 0.25) is 5.91 Å². The summed E-state index contributed by atoms with van der Waals surface area (Å²) in [6.45, 7) is 2.77. The van der Waals surface area contributed by atoms with E-state index >= 15 is 0 Å². The van der Waals surface area contributed by atoms with Gasteiger partial charge in [-0.1, -0.05) is 6.92 Å². The second kappa shape index (κ2) is 2.87. The van der Waals surface area contributed by atoms with Gasteiger partial charge in [-0.2, -0.15) is 5.10 Å². The van der Waals surface area contributed by atoms with Crippen molar-refractivity contribution < 1.29 is 4.79 Å². The molecule has 4 nitrogen and oxygen atoms in total. The molecule has 4 heteroatoms. The van der Waals surface area contributed by atoms with E-state index in [4.69, 9.17) is 0 Å². The second-order valence-electron chi connectivity index (χ2n) is 3.53. The van der Waals surface area contributed by atoms with Crippen LogP contribution in [0.1, 0.15) is 13.3 Å². The lowest BCUT2D eigenvalue weighted by molar-refractivity contribution is -0.119. The van der Waals surface area contributed by atoms with Gasteiger partial charge < -0.3 is 0 Å². The minimum Gasteiger partial charge on any atom is -0.295 e. The van der Waals surface area contributed by atoms with E-state index in [-0.39, 0.29) is 11.8 Å². The third kappa shape index (κ3) is 1.32. The first kappa shape index (κ1) is 8.29. The molecule has 1 aromatic rings. The van der Waals surface area contributed by atoms with Crippen molar-refractivity contribution in [2.24, 2.45) is 13.0 Å². The second-order valence-corrected chi connectivity index (χ2v) is 3.53. The van der Waals surface area contributed by atoms with Crippen molar-refractivity contribution in [3.63, 3.8) is 0 Å². The van der Waals surface area contributed by atoms with E-state index in [1.807, 2.05) is 26.2 Å². The lowest BCUT2D eigenvalue weighted by Gasteiger charge is -2.11. The molecule has 0 radical (unpaired) electrons. The lowest BCUT2D eigenvalue weighted by Crippen LogP contribution is -2.26. The quantitative estimate of drug-likeness (QED) is 0.639. The molecular weight excluding hydrogens is 166 g/mol. The van der Waals surface area contributed by atoms with Crippen LogP contribution in [0.15, 0.2) is 12.3 Å². The summed E-state index contributed by atoms with van der Waals surface area (Å²) in [5.41, 5.74) is 0. The van der Waals surface area contributed by atoms with Crippen LogP contribution in [-0.4, -0.2) is 22.2 Å². The maximum atomic E-state index is 11.6. The van der Waals surface area contributed by atoms with Crippen molar-refractivity contribution in [3.8, 4) is 0 Å². The van der Waals surface area contributed by atoms with Crippen molar-refractivity contribution in [1.29, 1.82) is 0 Å². The fraction of sp³-hybridized carbons (Fsp3) is 0.556. The summed E-state index contributed by atoms with van der Waals surface area (Å²) < 4.78 is 1.71. The Labute approximate surface area is 77.1 Å². The molecule has 0 aromatic carbocycles. The SMILES string of the molecule is C[C@H]1CCN(c2ccn(C)n2)C1=O. The fourth-order valence-corrected chi connectivity index (χ4v) is 1.60. The van der Waals surface area contributed by atoms with E-state index in [0.717, 1.165) is 18.8 Å². The number of rotatable bonds is 1. The van der Waals surface area contributed by atoms with Crippen molar-refractivity contribution in [2.75, 3.05) is 11.4 Å². The Bertz CT molecular complexity index is 331. The molecule has 0 spiro atoms. The number of anilines is 1. The molecule has 70 valence electrons. The maximum Gasteiger partial charge on any atom is 0.231 e. The lowest BCUT2D eigenvalue weighted by atomic mass is 10.1. The van der Waals surface area contributed by atoms with Gasteiger partial charge in [0.15, 0.2) is 5.82 Å². The zero-order valence-electron chi connectivity index (χ0n) is 7.90. The van der Waals surface area contributed by atoms with Gasteiger partial charge in [-0.15, -0.1) is 0 Å².